The molecule has 0 aliphatic rings. The number of rotatable bonds is 5. The number of allylic oxidation sites excluding steroid dienone is 4. The van der Waals surface area contributed by atoms with Gasteiger partial charge in [0.15, 0.2) is 0 Å². The minimum Gasteiger partial charge on any atom is -0.488 e. The molecule has 0 bridgehead atoms. The fourth-order valence-electron chi connectivity index (χ4n) is 0.712. The average Bonchev–Trinajstić information content (AvgIpc) is 2.09. The molecule has 0 aromatic heterocycles. The molecule has 3 heteroatoms. The largest absolute Gasteiger partial charge is 0.488 e. The van der Waals surface area contributed by atoms with Crippen LogP contribution in [-0.2, 0) is 4.74 Å². The minimum atomic E-state index is 0.564. The van der Waals surface area contributed by atoms with Crippen LogP contribution in [0.4, 0.5) is 0 Å². The van der Waals surface area contributed by atoms with Crippen LogP contribution < -0.4 is 0 Å². The van der Waals surface area contributed by atoms with E-state index in [2.05, 4.69) is 15.9 Å². The summed E-state index contributed by atoms with van der Waals surface area (Å²) in [6.45, 7) is 6.45. The van der Waals surface area contributed by atoms with Crippen molar-refractivity contribution in [2.75, 3.05) is 11.9 Å². The van der Waals surface area contributed by atoms with Crippen LogP contribution in [0.5, 0.6) is 0 Å². The van der Waals surface area contributed by atoms with Crippen molar-refractivity contribution in [3.8, 4) is 0 Å². The first kappa shape index (κ1) is 13.8. The van der Waals surface area contributed by atoms with Crippen LogP contribution in [0.1, 0.15) is 20.8 Å². The molecule has 0 aliphatic heterocycles. The molecule has 1 nitrogen and oxygen atoms in total. The maximum absolute atomic E-state index is 5.86. The van der Waals surface area contributed by atoms with E-state index in [1.54, 1.807) is 0 Å². The second-order valence-electron chi connectivity index (χ2n) is 3.05. The Morgan fingerprint density at radius 2 is 2.00 bits per heavy atom. The van der Waals surface area contributed by atoms with Crippen LogP contribution in [0, 0.1) is 0 Å². The lowest BCUT2D eigenvalue weighted by molar-refractivity contribution is 0.259. The summed E-state index contributed by atoms with van der Waals surface area (Å²) in [6.07, 6.45) is 5.83. The zero-order valence-corrected chi connectivity index (χ0v) is 11.2. The third-order valence-corrected chi connectivity index (χ3v) is 1.99. The van der Waals surface area contributed by atoms with Crippen LogP contribution in [0.15, 0.2) is 34.6 Å². The first-order valence-electron chi connectivity index (χ1n) is 4.43. The summed E-state index contributed by atoms with van der Waals surface area (Å²) in [5.41, 5.74) is 1.24. The van der Waals surface area contributed by atoms with Gasteiger partial charge in [-0.3, -0.25) is 0 Å². The van der Waals surface area contributed by atoms with Gasteiger partial charge in [0, 0.05) is 5.33 Å². The van der Waals surface area contributed by atoms with E-state index in [0.717, 1.165) is 11.1 Å². The molecule has 0 aliphatic carbocycles. The molecule has 0 rings (SSSR count). The van der Waals surface area contributed by atoms with Gasteiger partial charge in [0.2, 0.25) is 0 Å². The van der Waals surface area contributed by atoms with Gasteiger partial charge in [-0.25, -0.2) is 0 Å². The van der Waals surface area contributed by atoms with Crippen molar-refractivity contribution in [1.82, 2.24) is 0 Å². The van der Waals surface area contributed by atoms with Crippen LogP contribution in [0.25, 0.3) is 0 Å². The Hall–Kier alpha value is -0.210. The molecule has 0 radical (unpaired) electrons. The Morgan fingerprint density at radius 3 is 2.43 bits per heavy atom. The van der Waals surface area contributed by atoms with E-state index in [1.165, 1.54) is 5.57 Å². The first-order chi connectivity index (χ1) is 6.57. The molecule has 0 aromatic rings. The van der Waals surface area contributed by atoms with Crippen LogP contribution in [0.3, 0.4) is 0 Å². The van der Waals surface area contributed by atoms with Crippen LogP contribution >= 0.6 is 27.5 Å². The maximum atomic E-state index is 5.86. The zero-order valence-electron chi connectivity index (χ0n) is 8.81. The molecule has 14 heavy (non-hydrogen) atoms. The summed E-state index contributed by atoms with van der Waals surface area (Å²) < 4.78 is 5.48. The van der Waals surface area contributed by atoms with Crippen molar-refractivity contribution < 1.29 is 4.74 Å². The molecule has 0 N–H and O–H groups in total. The standard InChI is InChI=1S/C11H16BrClO/c1-9(2)6-8-14-11(10(3)13)5-4-7-12/h4-6H,7-8H2,1-3H3/b5-4-,11-10-. The second-order valence-corrected chi connectivity index (χ2v) is 4.26. The lowest BCUT2D eigenvalue weighted by atomic mass is 10.3. The van der Waals surface area contributed by atoms with Crippen LogP contribution in [0.2, 0.25) is 0 Å². The maximum Gasteiger partial charge on any atom is 0.133 e. The number of hydrogen-bond acceptors (Lipinski definition) is 1. The highest BCUT2D eigenvalue weighted by atomic mass is 79.9. The molecule has 0 aromatic carbocycles. The van der Waals surface area contributed by atoms with Gasteiger partial charge in [0.05, 0.1) is 5.03 Å². The van der Waals surface area contributed by atoms with Gasteiger partial charge in [0.1, 0.15) is 12.4 Å². The van der Waals surface area contributed by atoms with Crippen molar-refractivity contribution in [2.24, 2.45) is 0 Å². The Balaban J connectivity index is 4.21. The van der Waals surface area contributed by atoms with Crippen LogP contribution in [-0.4, -0.2) is 11.9 Å². The smallest absolute Gasteiger partial charge is 0.133 e. The van der Waals surface area contributed by atoms with E-state index < -0.39 is 0 Å². The third-order valence-electron chi connectivity index (χ3n) is 1.43. The highest BCUT2D eigenvalue weighted by molar-refractivity contribution is 9.09. The summed E-state index contributed by atoms with van der Waals surface area (Å²) in [7, 11) is 0. The molecule has 80 valence electrons. The average molecular weight is 280 g/mol. The Kier molecular flexibility index (Phi) is 8.01. The summed E-state index contributed by atoms with van der Waals surface area (Å²) in [5.74, 6) is 0.726. The lowest BCUT2D eigenvalue weighted by Crippen LogP contribution is -1.92. The van der Waals surface area contributed by atoms with E-state index in [1.807, 2.05) is 39.0 Å². The molecular weight excluding hydrogens is 263 g/mol. The Morgan fingerprint density at radius 1 is 1.36 bits per heavy atom. The van der Waals surface area contributed by atoms with Gasteiger partial charge >= 0.3 is 0 Å². The molecule has 0 atom stereocenters. The van der Waals surface area contributed by atoms with Crippen molar-refractivity contribution in [2.45, 2.75) is 20.8 Å². The van der Waals surface area contributed by atoms with E-state index in [9.17, 15) is 0 Å². The van der Waals surface area contributed by atoms with E-state index in [-0.39, 0.29) is 0 Å². The topological polar surface area (TPSA) is 9.23 Å². The summed E-state index contributed by atoms with van der Waals surface area (Å²) in [6, 6.07) is 0. The zero-order chi connectivity index (χ0) is 11.0. The molecule has 0 fully saturated rings. The van der Waals surface area contributed by atoms with Gasteiger partial charge in [-0.1, -0.05) is 39.2 Å². The molecular formula is C11H16BrClO. The predicted octanol–water partition coefficient (Wildman–Crippen LogP) is 4.39. The number of alkyl halides is 1. The fraction of sp³-hybridized carbons (Fsp3) is 0.455. The molecule has 0 saturated carbocycles. The van der Waals surface area contributed by atoms with Crippen molar-refractivity contribution >= 4 is 27.5 Å². The van der Waals surface area contributed by atoms with Gasteiger partial charge < -0.3 is 4.74 Å². The summed E-state index contributed by atoms with van der Waals surface area (Å²) >= 11 is 9.16. The second kappa shape index (κ2) is 8.13. The highest BCUT2D eigenvalue weighted by Gasteiger charge is 1.96. The third kappa shape index (κ3) is 7.22. The van der Waals surface area contributed by atoms with Gasteiger partial charge in [-0.15, -0.1) is 0 Å². The quantitative estimate of drug-likeness (QED) is 0.314. The fourth-order valence-corrected chi connectivity index (χ4v) is 1.02. The van der Waals surface area contributed by atoms with E-state index >= 15 is 0 Å². The number of ether oxygens (including phenoxy) is 1. The molecule has 0 heterocycles. The molecule has 0 unspecified atom stereocenters. The highest BCUT2D eigenvalue weighted by Crippen LogP contribution is 2.12. The minimum absolute atomic E-state index is 0.564. The van der Waals surface area contributed by atoms with Gasteiger partial charge in [-0.2, -0.15) is 0 Å². The lowest BCUT2D eigenvalue weighted by Gasteiger charge is -2.05. The number of hydrogen-bond donors (Lipinski definition) is 0. The van der Waals surface area contributed by atoms with Crippen molar-refractivity contribution in [1.29, 1.82) is 0 Å². The molecule has 0 saturated heterocycles. The molecule has 0 spiro atoms. The first-order valence-corrected chi connectivity index (χ1v) is 5.93. The monoisotopic (exact) mass is 278 g/mol. The van der Waals surface area contributed by atoms with E-state index in [0.29, 0.717) is 11.6 Å². The van der Waals surface area contributed by atoms with Crippen molar-refractivity contribution in [3.05, 3.63) is 34.6 Å². The summed E-state index contributed by atoms with van der Waals surface area (Å²) in [5, 5.41) is 1.47. The summed E-state index contributed by atoms with van der Waals surface area (Å²) in [4.78, 5) is 0. The SMILES string of the molecule is CC(C)=CCOC(/C=C\CBr)=C(/C)Cl. The van der Waals surface area contributed by atoms with Crippen molar-refractivity contribution in [3.63, 3.8) is 0 Å². The molecule has 0 amide bonds. The number of halogens is 2. The Labute approximate surface area is 99.6 Å². The van der Waals surface area contributed by atoms with Gasteiger partial charge in [0.25, 0.3) is 0 Å². The Bertz CT molecular complexity index is 246. The van der Waals surface area contributed by atoms with Gasteiger partial charge in [-0.05, 0) is 32.9 Å². The normalized spacial score (nSPS) is 12.6. The van der Waals surface area contributed by atoms with E-state index in [4.69, 9.17) is 16.3 Å². The predicted molar refractivity (Wildman–Crippen MR) is 66.9 cm³/mol.